The van der Waals surface area contributed by atoms with E-state index >= 15 is 0 Å². The number of rotatable bonds is 10. The fraction of sp³-hybridized carbons (Fsp3) is 0.0118. The monoisotopic (exact) mass is 1110 g/mol. The summed E-state index contributed by atoms with van der Waals surface area (Å²) in [6, 6.07) is 130. The van der Waals surface area contributed by atoms with E-state index in [1.807, 2.05) is 0 Å². The van der Waals surface area contributed by atoms with Crippen molar-refractivity contribution in [2.45, 2.75) is 5.41 Å². The van der Waals surface area contributed by atoms with Crippen LogP contribution < -0.4 is 9.80 Å². The molecule has 0 atom stereocenters. The number of hydrogen-bond donors (Lipinski definition) is 0. The Morgan fingerprint density at radius 2 is 0.345 bits per heavy atom. The van der Waals surface area contributed by atoms with Crippen LogP contribution in [0.15, 0.2) is 352 Å². The van der Waals surface area contributed by atoms with Crippen molar-refractivity contribution in [1.29, 1.82) is 0 Å². The lowest BCUT2D eigenvalue weighted by Gasteiger charge is -2.52. The highest BCUT2D eigenvalue weighted by atomic mass is 15.2. The minimum atomic E-state index is -0.989. The van der Waals surface area contributed by atoms with E-state index in [9.17, 15) is 0 Å². The first-order valence-corrected chi connectivity index (χ1v) is 30.1. The molecule has 0 saturated heterocycles. The second-order valence-electron chi connectivity index (χ2n) is 22.7. The van der Waals surface area contributed by atoms with E-state index in [0.29, 0.717) is 0 Å². The molecule has 87 heavy (non-hydrogen) atoms. The molecule has 2 aliphatic heterocycles. The van der Waals surface area contributed by atoms with E-state index in [-0.39, 0.29) is 0 Å². The number of anilines is 6. The zero-order chi connectivity index (χ0) is 57.7. The topological polar surface area (TPSA) is 6.48 Å². The Morgan fingerprint density at radius 1 is 0.161 bits per heavy atom. The maximum atomic E-state index is 2.56. The Kier molecular flexibility index (Phi) is 12.8. The summed E-state index contributed by atoms with van der Waals surface area (Å²) in [6.07, 6.45) is 0. The first kappa shape index (κ1) is 51.3. The van der Waals surface area contributed by atoms with Crippen LogP contribution in [0.2, 0.25) is 0 Å². The normalized spacial score (nSPS) is 12.6. The third-order valence-corrected chi connectivity index (χ3v) is 17.9. The minimum Gasteiger partial charge on any atom is -0.310 e. The molecule has 2 heterocycles. The average Bonchev–Trinajstić information content (AvgIpc) is 0.689. The molecule has 0 N–H and O–H groups in total. The second-order valence-corrected chi connectivity index (χ2v) is 22.7. The van der Waals surface area contributed by atoms with Crippen LogP contribution in [0.4, 0.5) is 34.1 Å². The third kappa shape index (κ3) is 8.72. The molecule has 0 unspecified atom stereocenters. The minimum absolute atomic E-state index is 0.989. The van der Waals surface area contributed by atoms with Crippen LogP contribution in [-0.2, 0) is 5.41 Å². The van der Waals surface area contributed by atoms with Gasteiger partial charge in [0.15, 0.2) is 0 Å². The van der Waals surface area contributed by atoms with Crippen LogP contribution in [0.5, 0.6) is 0 Å². The molecule has 0 bridgehead atoms. The van der Waals surface area contributed by atoms with Gasteiger partial charge in [-0.1, -0.05) is 279 Å². The van der Waals surface area contributed by atoms with Gasteiger partial charge in [-0.2, -0.15) is 0 Å². The third-order valence-electron chi connectivity index (χ3n) is 17.9. The van der Waals surface area contributed by atoms with Gasteiger partial charge in [0.25, 0.3) is 0 Å². The van der Waals surface area contributed by atoms with E-state index in [2.05, 4.69) is 362 Å². The van der Waals surface area contributed by atoms with Crippen LogP contribution in [0, 0.1) is 0 Å². The Bertz CT molecular complexity index is 4260. The van der Waals surface area contributed by atoms with Gasteiger partial charge in [-0.3, -0.25) is 0 Å². The summed E-state index contributed by atoms with van der Waals surface area (Å²) in [5.41, 5.74) is 29.0. The van der Waals surface area contributed by atoms with E-state index in [1.54, 1.807) is 0 Å². The molecule has 14 aromatic rings. The fourth-order valence-corrected chi connectivity index (χ4v) is 14.1. The molecule has 2 nitrogen and oxygen atoms in total. The number of benzene rings is 14. The van der Waals surface area contributed by atoms with E-state index in [0.717, 1.165) is 56.4 Å². The molecule has 0 radical (unpaired) electrons. The summed E-state index contributed by atoms with van der Waals surface area (Å²) in [5.74, 6) is 0. The van der Waals surface area contributed by atoms with Gasteiger partial charge < -0.3 is 9.80 Å². The molecule has 0 amide bonds. The summed E-state index contributed by atoms with van der Waals surface area (Å²) < 4.78 is 0. The number of fused-ring (bicyclic) bond motifs is 8. The van der Waals surface area contributed by atoms with Crippen molar-refractivity contribution in [2.24, 2.45) is 0 Å². The van der Waals surface area contributed by atoms with E-state index < -0.39 is 5.41 Å². The summed E-state index contributed by atoms with van der Waals surface area (Å²) in [6.45, 7) is 0. The zero-order valence-corrected chi connectivity index (χ0v) is 47.9. The van der Waals surface area contributed by atoms with E-state index in [4.69, 9.17) is 0 Å². The first-order chi connectivity index (χ1) is 43.2. The van der Waals surface area contributed by atoms with Crippen molar-refractivity contribution < 1.29 is 0 Å². The second kappa shape index (κ2) is 21.7. The SMILES string of the molecule is c1ccc(-c2ccccc2-c2ccc3c(c2)C2(c4cc(-c5ccccc5-c5ccccc5)ccc4N3c3ccccc3)c3cc(-c4ccccc4-c4ccccc4)ccc3N(c3ccccc3)c3ccc(-c4ccccc4-c4ccccc4)cc32)cc1. The first-order valence-electron chi connectivity index (χ1n) is 30.1. The van der Waals surface area contributed by atoms with E-state index in [1.165, 1.54) is 89.0 Å². The fourth-order valence-electron chi connectivity index (χ4n) is 14.1. The number of para-hydroxylation sites is 2. The smallest absolute Gasteiger partial charge is 0.0783 e. The quantitative estimate of drug-likeness (QED) is 0.135. The van der Waals surface area contributed by atoms with Crippen LogP contribution in [0.25, 0.3) is 89.0 Å². The highest BCUT2D eigenvalue weighted by Gasteiger charge is 2.53. The molecular formula is C85H58N2. The zero-order valence-electron chi connectivity index (χ0n) is 47.9. The highest BCUT2D eigenvalue weighted by molar-refractivity contribution is 6.01. The van der Waals surface area contributed by atoms with Gasteiger partial charge >= 0.3 is 0 Å². The van der Waals surface area contributed by atoms with Crippen LogP contribution in [0.1, 0.15) is 22.3 Å². The van der Waals surface area contributed by atoms with Gasteiger partial charge in [0.2, 0.25) is 0 Å². The van der Waals surface area contributed by atoms with Gasteiger partial charge in [0.05, 0.1) is 28.2 Å². The lowest BCUT2D eigenvalue weighted by atomic mass is 9.59. The molecule has 2 aliphatic rings. The lowest BCUT2D eigenvalue weighted by molar-refractivity contribution is 0.720. The lowest BCUT2D eigenvalue weighted by Crippen LogP contribution is -2.42. The van der Waals surface area contributed by atoms with Crippen molar-refractivity contribution in [3.63, 3.8) is 0 Å². The summed E-state index contributed by atoms with van der Waals surface area (Å²) >= 11 is 0. The van der Waals surface area contributed by atoms with Gasteiger partial charge in [-0.15, -0.1) is 0 Å². The van der Waals surface area contributed by atoms with Gasteiger partial charge in [0, 0.05) is 11.4 Å². The Labute approximate surface area is 509 Å². The van der Waals surface area contributed by atoms with Gasteiger partial charge in [-0.25, -0.2) is 0 Å². The van der Waals surface area contributed by atoms with Crippen LogP contribution in [0.3, 0.4) is 0 Å². The van der Waals surface area contributed by atoms with Crippen LogP contribution in [-0.4, -0.2) is 0 Å². The number of nitrogens with zero attached hydrogens (tertiary/aromatic N) is 2. The van der Waals surface area contributed by atoms with Crippen LogP contribution >= 0.6 is 0 Å². The summed E-state index contributed by atoms with van der Waals surface area (Å²) in [4.78, 5) is 5.06. The summed E-state index contributed by atoms with van der Waals surface area (Å²) in [7, 11) is 0. The highest BCUT2D eigenvalue weighted by Crippen LogP contribution is 2.66. The molecule has 14 aromatic carbocycles. The maximum absolute atomic E-state index is 2.56. The molecule has 408 valence electrons. The molecule has 2 heteroatoms. The van der Waals surface area contributed by atoms with Crippen molar-refractivity contribution >= 4 is 34.1 Å². The largest absolute Gasteiger partial charge is 0.310 e. The molecule has 0 aromatic heterocycles. The standard InChI is InChI=1S/C85H58N2/c1-7-27-59(28-8-1)69-39-19-23-43-73(69)63-47-51-81-77(55-63)85(78-56-64(48-52-82(78)86(81)67-35-15-5-16-36-67)74-44-24-20-40-70(74)60-29-9-2-10-30-60)79-57-65(75-45-25-21-41-71(75)61-31-11-3-12-32-61)49-53-83(79)87(68-37-17-6-18-38-68)84-54-50-66(58-80(84)85)76-46-26-22-42-72(76)62-33-13-4-14-34-62/h1-58H. The average molecular weight is 1110 g/mol. The molecular weight excluding hydrogens is 1050 g/mol. The number of hydrogen-bond acceptors (Lipinski definition) is 2. The van der Waals surface area contributed by atoms with Crippen molar-refractivity contribution in [2.75, 3.05) is 9.80 Å². The molecule has 0 saturated carbocycles. The van der Waals surface area contributed by atoms with Crippen molar-refractivity contribution in [1.82, 2.24) is 0 Å². The summed E-state index contributed by atoms with van der Waals surface area (Å²) in [5, 5.41) is 0. The van der Waals surface area contributed by atoms with Crippen molar-refractivity contribution in [3.8, 4) is 89.0 Å². The molecule has 1 spiro atoms. The molecule has 0 aliphatic carbocycles. The predicted molar refractivity (Wildman–Crippen MR) is 365 cm³/mol. The Balaban J connectivity index is 1.10. The maximum Gasteiger partial charge on any atom is 0.0783 e. The van der Waals surface area contributed by atoms with Crippen molar-refractivity contribution in [3.05, 3.63) is 374 Å². The molecule has 16 rings (SSSR count). The Morgan fingerprint density at radius 3 is 0.563 bits per heavy atom. The van der Waals surface area contributed by atoms with Gasteiger partial charge in [0.1, 0.15) is 0 Å². The Hall–Kier alpha value is -11.3. The van der Waals surface area contributed by atoms with Gasteiger partial charge in [-0.05, 0) is 184 Å². The predicted octanol–water partition coefficient (Wildman–Crippen LogP) is 23.0. The molecule has 0 fully saturated rings.